The Bertz CT molecular complexity index is 2270. The lowest BCUT2D eigenvalue weighted by Gasteiger charge is -2.43. The molecule has 82 heavy (non-hydrogen) atoms. The summed E-state index contributed by atoms with van der Waals surface area (Å²) < 4.78 is 11.5. The van der Waals surface area contributed by atoms with E-state index in [9.17, 15) is 98.7 Å². The van der Waals surface area contributed by atoms with E-state index < -0.39 is 206 Å². The molecular formula is C49H83N11O22. The Labute approximate surface area is 472 Å². The van der Waals surface area contributed by atoms with Crippen molar-refractivity contribution in [3.8, 4) is 0 Å². The molecule has 10 amide bonds. The zero-order chi connectivity index (χ0) is 62.4. The standard InChI is InChI=1S/C49H83N11O22/c1-18(2)31(53-45(77)33(21(5)64)55-46(78)32(20(4)63)54-42(74)30(50)19(3)62)44(76)57-35(23(7)66)48(80)59-14-10-12-26(59)40(72)56-34(22(6)65)47(79)60-15-11-13-27(60)41(73)58-36(43(75)51-16-29(68)69)24(8)81-49-37(52-25(9)67)39(71)38(70)28(17-61)82-49/h18-24,26-28,30-39,49,61-66,70-71H,10-17,50H2,1-9H3,(H,51,75)(H,52,67)(H,53,77)(H,54,74)(H,55,78)(H,56,72)(H,57,76)(H,58,73)(H,68,69)/t19-,20-,21-,22-,23-,24-,26+,27+,28-,30+,31+,32+,33+,34+,35+,36+,37-,38+,39-,49+/m1/s1. The lowest BCUT2D eigenvalue weighted by atomic mass is 9.96. The van der Waals surface area contributed by atoms with Gasteiger partial charge in [-0.3, -0.25) is 52.7 Å². The van der Waals surface area contributed by atoms with Gasteiger partial charge in [0.05, 0.1) is 43.2 Å². The summed E-state index contributed by atoms with van der Waals surface area (Å²) >= 11 is 0. The summed E-state index contributed by atoms with van der Waals surface area (Å²) in [6.07, 6.45) is -15.6. The highest BCUT2D eigenvalue weighted by Gasteiger charge is 2.49. The van der Waals surface area contributed by atoms with Crippen molar-refractivity contribution in [1.29, 1.82) is 0 Å². The first-order valence-corrected chi connectivity index (χ1v) is 26.8. The molecular weight excluding hydrogens is 1090 g/mol. The van der Waals surface area contributed by atoms with E-state index in [0.29, 0.717) is 0 Å². The van der Waals surface area contributed by atoms with Crippen LogP contribution in [0.15, 0.2) is 0 Å². The van der Waals surface area contributed by atoms with Crippen LogP contribution in [0.1, 0.15) is 88.0 Å². The number of rotatable bonds is 28. The minimum atomic E-state index is -1.81. The van der Waals surface area contributed by atoms with E-state index in [-0.39, 0.29) is 38.8 Å². The van der Waals surface area contributed by atoms with Crippen LogP contribution in [0, 0.1) is 5.92 Å². The molecule has 20 atom stereocenters. The molecule has 3 rings (SSSR count). The van der Waals surface area contributed by atoms with Crippen molar-refractivity contribution in [3.05, 3.63) is 0 Å². The molecule has 0 radical (unpaired) electrons. The van der Waals surface area contributed by atoms with Gasteiger partial charge in [0.2, 0.25) is 59.1 Å². The Kier molecular flexibility index (Phi) is 26.8. The van der Waals surface area contributed by atoms with Crippen molar-refractivity contribution in [2.75, 3.05) is 26.2 Å². The molecule has 0 bridgehead atoms. The van der Waals surface area contributed by atoms with Crippen LogP contribution in [0.25, 0.3) is 0 Å². The van der Waals surface area contributed by atoms with Gasteiger partial charge in [-0.2, -0.15) is 0 Å². The second-order valence-corrected chi connectivity index (χ2v) is 21.2. The fourth-order valence-corrected chi connectivity index (χ4v) is 9.33. The van der Waals surface area contributed by atoms with E-state index in [1.807, 2.05) is 0 Å². The maximum atomic E-state index is 14.3. The van der Waals surface area contributed by atoms with Crippen LogP contribution >= 0.6 is 0 Å². The topological polar surface area (TPSA) is 517 Å². The molecule has 0 aromatic rings. The highest BCUT2D eigenvalue weighted by atomic mass is 16.7. The van der Waals surface area contributed by atoms with Crippen LogP contribution in [0.5, 0.6) is 0 Å². The number of nitrogens with two attached hydrogens (primary N) is 1. The Morgan fingerprint density at radius 1 is 0.573 bits per heavy atom. The van der Waals surface area contributed by atoms with Crippen LogP contribution in [-0.4, -0.2) is 269 Å². The molecule has 33 heteroatoms. The first-order chi connectivity index (χ1) is 38.2. The van der Waals surface area contributed by atoms with Crippen LogP contribution < -0.4 is 48.3 Å². The predicted molar refractivity (Wildman–Crippen MR) is 279 cm³/mol. The quantitative estimate of drug-likeness (QED) is 0.0346. The number of carbonyl (C=O) groups is 11. The van der Waals surface area contributed by atoms with Gasteiger partial charge in [0.1, 0.15) is 85.3 Å². The molecule has 0 aromatic carbocycles. The van der Waals surface area contributed by atoms with Gasteiger partial charge in [-0.05, 0) is 73.1 Å². The van der Waals surface area contributed by atoms with Gasteiger partial charge >= 0.3 is 5.97 Å². The van der Waals surface area contributed by atoms with Gasteiger partial charge < -0.3 is 114 Å². The van der Waals surface area contributed by atoms with Crippen molar-refractivity contribution in [2.24, 2.45) is 11.7 Å². The monoisotopic (exact) mass is 1180 g/mol. The van der Waals surface area contributed by atoms with Gasteiger partial charge in [-0.25, -0.2) is 0 Å². The molecule has 0 saturated carbocycles. The van der Waals surface area contributed by atoms with Gasteiger partial charge in [0, 0.05) is 20.0 Å². The van der Waals surface area contributed by atoms with E-state index in [1.54, 1.807) is 0 Å². The first kappa shape index (κ1) is 70.0. The van der Waals surface area contributed by atoms with Gasteiger partial charge in [-0.1, -0.05) is 13.8 Å². The number of ether oxygens (including phenoxy) is 2. The third kappa shape index (κ3) is 18.6. The highest BCUT2D eigenvalue weighted by molar-refractivity contribution is 5.99. The third-order valence-corrected chi connectivity index (χ3v) is 14.0. The number of likely N-dealkylation sites (tertiary alicyclic amines) is 2. The minimum Gasteiger partial charge on any atom is -0.480 e. The van der Waals surface area contributed by atoms with Crippen LogP contribution in [0.4, 0.5) is 0 Å². The number of hydrogen-bond acceptors (Lipinski definition) is 22. The maximum Gasteiger partial charge on any atom is 0.322 e. The molecule has 0 aromatic heterocycles. The lowest BCUT2D eigenvalue weighted by Crippen LogP contribution is -2.66. The van der Waals surface area contributed by atoms with Gasteiger partial charge in [-0.15, -0.1) is 0 Å². The molecule has 3 fully saturated rings. The summed E-state index contributed by atoms with van der Waals surface area (Å²) in [5.74, 6) is -12.3. The minimum absolute atomic E-state index is 0.0131. The molecule has 3 aliphatic heterocycles. The van der Waals surface area contributed by atoms with Crippen molar-refractivity contribution in [3.63, 3.8) is 0 Å². The molecule has 3 aliphatic rings. The Morgan fingerprint density at radius 3 is 1.40 bits per heavy atom. The number of aliphatic hydroxyl groups excluding tert-OH is 8. The predicted octanol–water partition coefficient (Wildman–Crippen LogP) is -9.69. The highest BCUT2D eigenvalue weighted by Crippen LogP contribution is 2.26. The fraction of sp³-hybridized carbons (Fsp3) is 0.776. The number of carboxylic acids is 1. The third-order valence-electron chi connectivity index (χ3n) is 14.0. The maximum absolute atomic E-state index is 14.3. The average molecular weight is 1180 g/mol. The number of amides is 10. The van der Waals surface area contributed by atoms with Crippen molar-refractivity contribution in [2.45, 2.75) is 210 Å². The Hall–Kier alpha value is -6.27. The SMILES string of the molecule is CC(=O)N[C@H]1[C@@H](O[C@H](C)[C@H](NC(=O)[C@@H]2CCCN2C(=O)[C@@H](NC(=O)[C@@H]2CCCN2C(=O)[C@@H](NC(=O)[C@@H](NC(=O)[C@@H](NC(=O)[C@@H](NC(=O)[C@@H](N)[C@@H](C)O)[C@@H](C)O)[C@@H](C)O)C(C)C)[C@@H](C)O)[C@@H](C)O)C(=O)NCC(=O)O)O[C@H](CO)[C@H](O)[C@@H]1O. The largest absolute Gasteiger partial charge is 0.480 e. The average Bonchev–Trinajstić information content (AvgIpc) is 4.28. The zero-order valence-electron chi connectivity index (χ0n) is 47.1. The number of carboxylic acid groups (broad SMARTS) is 1. The van der Waals surface area contributed by atoms with E-state index in [1.165, 1.54) is 27.7 Å². The van der Waals surface area contributed by atoms with Crippen LogP contribution in [0.3, 0.4) is 0 Å². The zero-order valence-corrected chi connectivity index (χ0v) is 47.1. The number of nitrogens with zero attached hydrogens (tertiary/aromatic N) is 2. The van der Waals surface area contributed by atoms with Gasteiger partial charge in [0.25, 0.3) is 0 Å². The summed E-state index contributed by atoms with van der Waals surface area (Å²) in [6.45, 7) is 9.11. The molecule has 0 aliphatic carbocycles. The fourth-order valence-electron chi connectivity index (χ4n) is 9.33. The molecule has 3 saturated heterocycles. The second-order valence-electron chi connectivity index (χ2n) is 21.2. The normalized spacial score (nSPS) is 25.6. The van der Waals surface area contributed by atoms with E-state index in [2.05, 4.69) is 42.5 Å². The summed E-state index contributed by atoms with van der Waals surface area (Å²) in [5, 5.41) is 111. The molecule has 33 nitrogen and oxygen atoms in total. The van der Waals surface area contributed by atoms with Crippen LogP contribution in [0.2, 0.25) is 0 Å². The lowest BCUT2D eigenvalue weighted by molar-refractivity contribution is -0.281. The number of aliphatic hydroxyl groups is 8. The summed E-state index contributed by atoms with van der Waals surface area (Å²) in [4.78, 5) is 149. The van der Waals surface area contributed by atoms with Crippen molar-refractivity contribution in [1.82, 2.24) is 52.3 Å². The second kappa shape index (κ2) is 31.4. The van der Waals surface area contributed by atoms with Crippen molar-refractivity contribution < 1.29 is 108 Å². The van der Waals surface area contributed by atoms with Crippen molar-refractivity contribution >= 4 is 65.0 Å². The molecule has 3 heterocycles. The molecule has 0 spiro atoms. The first-order valence-electron chi connectivity index (χ1n) is 26.8. The smallest absolute Gasteiger partial charge is 0.322 e. The molecule has 19 N–H and O–H groups in total. The van der Waals surface area contributed by atoms with E-state index in [0.717, 1.165) is 44.4 Å². The number of aliphatic carboxylic acids is 1. The molecule has 0 unspecified atom stereocenters. The summed E-state index contributed by atoms with van der Waals surface area (Å²) in [5.41, 5.74) is 5.63. The van der Waals surface area contributed by atoms with Crippen LogP contribution in [-0.2, 0) is 62.2 Å². The van der Waals surface area contributed by atoms with E-state index in [4.69, 9.17) is 15.2 Å². The number of carbonyl (C=O) groups excluding carboxylic acids is 10. The van der Waals surface area contributed by atoms with Gasteiger partial charge in [0.15, 0.2) is 6.29 Å². The Morgan fingerprint density at radius 2 is 0.988 bits per heavy atom. The van der Waals surface area contributed by atoms with E-state index >= 15 is 0 Å². The summed E-state index contributed by atoms with van der Waals surface area (Å²) in [7, 11) is 0. The summed E-state index contributed by atoms with van der Waals surface area (Å²) in [6, 6.07) is -16.1. The number of hydrogen-bond donors (Lipinski definition) is 18. The molecule has 466 valence electrons. The Balaban J connectivity index is 1.80. The number of nitrogens with one attached hydrogen (secondary N) is 8.